The maximum absolute atomic E-state index is 13.1. The van der Waals surface area contributed by atoms with Gasteiger partial charge in [0.15, 0.2) is 0 Å². The molecule has 104 valence electrons. The summed E-state index contributed by atoms with van der Waals surface area (Å²) >= 11 is 6.09. The topological polar surface area (TPSA) is 46.2 Å². The van der Waals surface area contributed by atoms with Gasteiger partial charge in [0.1, 0.15) is 5.82 Å². The average Bonchev–Trinajstić information content (AvgIpc) is 2.86. The SMILES string of the molecule is NCC(c1ccc(F)cc1Cl)C(O)C1C2CCCC21. The van der Waals surface area contributed by atoms with E-state index in [0.717, 1.165) is 5.56 Å². The third-order valence-corrected chi connectivity index (χ3v) is 5.22. The van der Waals surface area contributed by atoms with Crippen LogP contribution in [0.5, 0.6) is 0 Å². The van der Waals surface area contributed by atoms with Crippen molar-refractivity contribution in [3.05, 3.63) is 34.6 Å². The minimum atomic E-state index is -0.455. The predicted octanol–water partition coefficient (Wildman–Crippen LogP) is 2.93. The normalized spacial score (nSPS) is 31.9. The molecule has 1 aromatic rings. The van der Waals surface area contributed by atoms with Gasteiger partial charge < -0.3 is 10.8 Å². The standard InChI is InChI=1S/C15H19ClFNO/c16-13-6-8(17)4-5-9(13)12(7-18)15(19)14-10-2-1-3-11(10)14/h4-6,10-12,14-15,19H,1-3,7,18H2. The Hall–Kier alpha value is -0.640. The van der Waals surface area contributed by atoms with Crippen LogP contribution in [0.25, 0.3) is 0 Å². The minimum absolute atomic E-state index is 0.191. The number of rotatable bonds is 4. The Bertz CT molecular complexity index is 471. The Morgan fingerprint density at radius 2 is 2.05 bits per heavy atom. The van der Waals surface area contributed by atoms with Gasteiger partial charge in [0.25, 0.3) is 0 Å². The van der Waals surface area contributed by atoms with Crippen LogP contribution in [-0.2, 0) is 0 Å². The van der Waals surface area contributed by atoms with Crippen LogP contribution in [0, 0.1) is 23.6 Å². The number of hydrogen-bond acceptors (Lipinski definition) is 2. The molecular formula is C15H19ClFNO. The summed E-state index contributed by atoms with van der Waals surface area (Å²) < 4.78 is 13.1. The Morgan fingerprint density at radius 1 is 1.37 bits per heavy atom. The average molecular weight is 284 g/mol. The quantitative estimate of drug-likeness (QED) is 0.892. The lowest BCUT2D eigenvalue weighted by molar-refractivity contribution is 0.108. The van der Waals surface area contributed by atoms with Crippen molar-refractivity contribution in [3.63, 3.8) is 0 Å². The third-order valence-electron chi connectivity index (χ3n) is 4.90. The first-order chi connectivity index (χ1) is 9.13. The molecule has 3 rings (SSSR count). The summed E-state index contributed by atoms with van der Waals surface area (Å²) in [4.78, 5) is 0. The highest BCUT2D eigenvalue weighted by Gasteiger charge is 2.57. The first-order valence-corrected chi connectivity index (χ1v) is 7.34. The van der Waals surface area contributed by atoms with E-state index >= 15 is 0 Å². The second kappa shape index (κ2) is 5.04. The van der Waals surface area contributed by atoms with Gasteiger partial charge in [0.2, 0.25) is 0 Å². The lowest BCUT2D eigenvalue weighted by atomic mass is 9.88. The minimum Gasteiger partial charge on any atom is -0.392 e. The van der Waals surface area contributed by atoms with Crippen LogP contribution in [0.1, 0.15) is 30.7 Å². The molecule has 0 saturated heterocycles. The Kier molecular flexibility index (Phi) is 3.54. The first-order valence-electron chi connectivity index (χ1n) is 6.96. The molecule has 2 fully saturated rings. The monoisotopic (exact) mass is 283 g/mol. The van der Waals surface area contributed by atoms with Crippen LogP contribution in [0.3, 0.4) is 0 Å². The molecule has 4 atom stereocenters. The van der Waals surface area contributed by atoms with Crippen molar-refractivity contribution in [1.82, 2.24) is 0 Å². The lowest BCUT2D eigenvalue weighted by Gasteiger charge is -2.24. The van der Waals surface area contributed by atoms with Crippen LogP contribution in [0.4, 0.5) is 4.39 Å². The maximum atomic E-state index is 13.1. The van der Waals surface area contributed by atoms with Crippen LogP contribution in [0.15, 0.2) is 18.2 Å². The number of nitrogens with two attached hydrogens (primary N) is 1. The molecule has 0 amide bonds. The van der Waals surface area contributed by atoms with Gasteiger partial charge in [-0.25, -0.2) is 4.39 Å². The zero-order valence-corrected chi connectivity index (χ0v) is 11.5. The van der Waals surface area contributed by atoms with Crippen LogP contribution in [0.2, 0.25) is 5.02 Å². The zero-order valence-electron chi connectivity index (χ0n) is 10.7. The zero-order chi connectivity index (χ0) is 13.6. The van der Waals surface area contributed by atoms with Crippen molar-refractivity contribution >= 4 is 11.6 Å². The highest BCUT2D eigenvalue weighted by atomic mass is 35.5. The second-order valence-electron chi connectivity index (χ2n) is 5.83. The molecular weight excluding hydrogens is 265 g/mol. The summed E-state index contributed by atoms with van der Waals surface area (Å²) in [5, 5.41) is 10.9. The van der Waals surface area contributed by atoms with E-state index in [-0.39, 0.29) is 11.7 Å². The summed E-state index contributed by atoms with van der Waals surface area (Å²) in [7, 11) is 0. The van der Waals surface area contributed by atoms with Crippen molar-refractivity contribution in [1.29, 1.82) is 0 Å². The number of benzene rings is 1. The van der Waals surface area contributed by atoms with Crippen LogP contribution >= 0.6 is 11.6 Å². The highest BCUT2D eigenvalue weighted by Crippen LogP contribution is 2.60. The van der Waals surface area contributed by atoms with E-state index in [1.54, 1.807) is 6.07 Å². The van der Waals surface area contributed by atoms with Crippen molar-refractivity contribution in [2.75, 3.05) is 6.54 Å². The van der Waals surface area contributed by atoms with E-state index < -0.39 is 6.10 Å². The molecule has 1 aromatic carbocycles. The van der Waals surface area contributed by atoms with Crippen molar-refractivity contribution < 1.29 is 9.50 Å². The molecule has 0 bridgehead atoms. The van der Waals surface area contributed by atoms with Gasteiger partial charge in [0, 0.05) is 17.5 Å². The lowest BCUT2D eigenvalue weighted by Crippen LogP contribution is -2.29. The van der Waals surface area contributed by atoms with Gasteiger partial charge in [-0.1, -0.05) is 24.1 Å². The molecule has 4 heteroatoms. The van der Waals surface area contributed by atoms with E-state index in [0.29, 0.717) is 29.3 Å². The number of aliphatic hydroxyl groups excluding tert-OH is 1. The fourth-order valence-electron chi connectivity index (χ4n) is 3.90. The highest BCUT2D eigenvalue weighted by molar-refractivity contribution is 6.31. The third kappa shape index (κ3) is 2.28. The molecule has 2 aliphatic rings. The van der Waals surface area contributed by atoms with Crippen molar-refractivity contribution in [2.45, 2.75) is 31.3 Å². The van der Waals surface area contributed by atoms with E-state index in [2.05, 4.69) is 0 Å². The molecule has 0 heterocycles. The number of halogens is 2. The van der Waals surface area contributed by atoms with Crippen LogP contribution < -0.4 is 5.73 Å². The molecule has 0 aliphatic heterocycles. The van der Waals surface area contributed by atoms with Gasteiger partial charge in [-0.05, 0) is 48.3 Å². The molecule has 3 N–H and O–H groups in total. The van der Waals surface area contributed by atoms with E-state index in [1.807, 2.05) is 0 Å². The second-order valence-corrected chi connectivity index (χ2v) is 6.24. The van der Waals surface area contributed by atoms with Crippen LogP contribution in [-0.4, -0.2) is 17.8 Å². The van der Waals surface area contributed by atoms with Crippen molar-refractivity contribution in [3.8, 4) is 0 Å². The fourth-order valence-corrected chi connectivity index (χ4v) is 4.21. The largest absolute Gasteiger partial charge is 0.392 e. The summed E-state index contributed by atoms with van der Waals surface area (Å²) in [6.07, 6.45) is 3.27. The van der Waals surface area contributed by atoms with E-state index in [4.69, 9.17) is 17.3 Å². The molecule has 0 aromatic heterocycles. The van der Waals surface area contributed by atoms with Gasteiger partial charge in [0.05, 0.1) is 6.10 Å². The number of fused-ring (bicyclic) bond motifs is 1. The summed E-state index contributed by atoms with van der Waals surface area (Å²) in [5.74, 6) is 1.15. The Labute approximate surface area is 117 Å². The maximum Gasteiger partial charge on any atom is 0.124 e. The Morgan fingerprint density at radius 3 is 2.63 bits per heavy atom. The summed E-state index contributed by atoms with van der Waals surface area (Å²) in [6.45, 7) is 0.336. The molecule has 4 unspecified atom stereocenters. The molecule has 2 nitrogen and oxygen atoms in total. The fraction of sp³-hybridized carbons (Fsp3) is 0.600. The molecule has 2 saturated carbocycles. The number of aliphatic hydroxyl groups is 1. The van der Waals surface area contributed by atoms with Gasteiger partial charge in [-0.15, -0.1) is 0 Å². The smallest absolute Gasteiger partial charge is 0.124 e. The van der Waals surface area contributed by atoms with Crippen molar-refractivity contribution in [2.24, 2.45) is 23.5 Å². The van der Waals surface area contributed by atoms with E-state index in [9.17, 15) is 9.50 Å². The number of hydrogen-bond donors (Lipinski definition) is 2. The summed E-state index contributed by atoms with van der Waals surface area (Å²) in [5.41, 5.74) is 6.58. The first kappa shape index (κ1) is 13.3. The predicted molar refractivity (Wildman–Crippen MR) is 73.5 cm³/mol. The van der Waals surface area contributed by atoms with Gasteiger partial charge in [-0.2, -0.15) is 0 Å². The molecule has 0 radical (unpaired) electrons. The van der Waals surface area contributed by atoms with E-state index in [1.165, 1.54) is 31.4 Å². The molecule has 0 spiro atoms. The van der Waals surface area contributed by atoms with Gasteiger partial charge in [-0.3, -0.25) is 0 Å². The summed E-state index contributed by atoms with van der Waals surface area (Å²) in [6, 6.07) is 4.32. The molecule has 19 heavy (non-hydrogen) atoms. The molecule has 2 aliphatic carbocycles. The Balaban J connectivity index is 1.80. The van der Waals surface area contributed by atoms with Gasteiger partial charge >= 0.3 is 0 Å².